The quantitative estimate of drug-likeness (QED) is 0.672. The first-order valence-corrected chi connectivity index (χ1v) is 5.81. The summed E-state index contributed by atoms with van der Waals surface area (Å²) in [4.78, 5) is 11.5. The van der Waals surface area contributed by atoms with Gasteiger partial charge in [0.25, 0.3) is 0 Å². The number of hydrogen-bond donors (Lipinski definition) is 0. The molecule has 16 heavy (non-hydrogen) atoms. The zero-order chi connectivity index (χ0) is 11.0. The fourth-order valence-electron chi connectivity index (χ4n) is 2.38. The van der Waals surface area contributed by atoms with Crippen molar-refractivity contribution < 1.29 is 9.53 Å². The molecule has 0 bridgehead atoms. The average Bonchev–Trinajstić information content (AvgIpc) is 2.38. The Morgan fingerprint density at radius 3 is 2.75 bits per heavy atom. The van der Waals surface area contributed by atoms with Crippen LogP contribution in [0.1, 0.15) is 30.4 Å². The summed E-state index contributed by atoms with van der Waals surface area (Å²) in [6.07, 6.45) is 5.37. The van der Waals surface area contributed by atoms with Crippen molar-refractivity contribution in [3.8, 4) is 0 Å². The summed E-state index contributed by atoms with van der Waals surface area (Å²) in [5.74, 6) is 0.366. The molecule has 2 nitrogen and oxygen atoms in total. The maximum atomic E-state index is 11.5. The van der Waals surface area contributed by atoms with Crippen molar-refractivity contribution in [2.75, 3.05) is 0 Å². The molecule has 0 saturated heterocycles. The van der Waals surface area contributed by atoms with Crippen molar-refractivity contribution in [2.45, 2.75) is 25.9 Å². The molecule has 1 aliphatic heterocycles. The second kappa shape index (κ2) is 3.78. The highest BCUT2D eigenvalue weighted by Gasteiger charge is 2.26. The van der Waals surface area contributed by atoms with E-state index in [9.17, 15) is 4.79 Å². The predicted octanol–water partition coefficient (Wildman–Crippen LogP) is 2.93. The number of carbonyl (C=O) groups excluding carboxylic acids is 1. The first-order chi connectivity index (χ1) is 7.84. The summed E-state index contributed by atoms with van der Waals surface area (Å²) in [5, 5.41) is 0. The van der Waals surface area contributed by atoms with Crippen LogP contribution in [0.2, 0.25) is 0 Å². The molecule has 0 aromatic heterocycles. The smallest absolute Gasteiger partial charge is 0.331 e. The summed E-state index contributed by atoms with van der Waals surface area (Å²) in [6, 6.07) is 8.17. The van der Waals surface area contributed by atoms with Crippen LogP contribution in [0.15, 0.2) is 30.3 Å². The Morgan fingerprint density at radius 1 is 1.19 bits per heavy atom. The number of rotatable bonds is 1. The number of carbonyl (C=O) groups is 1. The van der Waals surface area contributed by atoms with Gasteiger partial charge in [-0.25, -0.2) is 4.79 Å². The van der Waals surface area contributed by atoms with E-state index < -0.39 is 0 Å². The van der Waals surface area contributed by atoms with E-state index in [4.69, 9.17) is 4.74 Å². The van der Waals surface area contributed by atoms with Crippen molar-refractivity contribution in [3.05, 3.63) is 41.5 Å². The van der Waals surface area contributed by atoms with Gasteiger partial charge in [0.15, 0.2) is 0 Å². The molecule has 1 saturated carbocycles. The van der Waals surface area contributed by atoms with E-state index in [2.05, 4.69) is 6.07 Å². The van der Waals surface area contributed by atoms with E-state index in [1.165, 1.54) is 30.4 Å². The summed E-state index contributed by atoms with van der Waals surface area (Å²) in [5.41, 5.74) is 3.52. The van der Waals surface area contributed by atoms with E-state index in [0.717, 1.165) is 5.56 Å². The Morgan fingerprint density at radius 2 is 2.00 bits per heavy atom. The lowest BCUT2D eigenvalue weighted by molar-refractivity contribution is -0.138. The zero-order valence-electron chi connectivity index (χ0n) is 9.11. The molecule has 2 aliphatic rings. The molecular weight excluding hydrogens is 200 g/mol. The molecule has 1 heterocycles. The molecule has 2 heteroatoms. The minimum Gasteiger partial charge on any atom is -0.458 e. The molecule has 1 aromatic carbocycles. The van der Waals surface area contributed by atoms with Crippen molar-refractivity contribution in [3.63, 3.8) is 0 Å². The summed E-state index contributed by atoms with van der Waals surface area (Å²) >= 11 is 0. The Balaban J connectivity index is 2.07. The summed E-state index contributed by atoms with van der Waals surface area (Å²) < 4.78 is 5.16. The molecule has 0 amide bonds. The first-order valence-electron chi connectivity index (χ1n) is 5.81. The second-order valence-electron chi connectivity index (χ2n) is 4.49. The van der Waals surface area contributed by atoms with Gasteiger partial charge in [-0.05, 0) is 35.5 Å². The van der Waals surface area contributed by atoms with Crippen LogP contribution < -0.4 is 0 Å². The van der Waals surface area contributed by atoms with Gasteiger partial charge in [-0.2, -0.15) is 0 Å². The number of ether oxygens (including phenoxy) is 1. The third-order valence-electron chi connectivity index (χ3n) is 3.52. The topological polar surface area (TPSA) is 26.3 Å². The summed E-state index contributed by atoms with van der Waals surface area (Å²) in [6.45, 7) is 0.404. The van der Waals surface area contributed by atoms with Crippen molar-refractivity contribution >= 4 is 11.5 Å². The van der Waals surface area contributed by atoms with Crippen LogP contribution in [0.4, 0.5) is 0 Å². The Kier molecular flexibility index (Phi) is 2.28. The fraction of sp³-hybridized carbons (Fsp3) is 0.357. The lowest BCUT2D eigenvalue weighted by Gasteiger charge is -2.28. The van der Waals surface area contributed by atoms with Gasteiger partial charge in [0, 0.05) is 6.08 Å². The molecule has 1 fully saturated rings. The van der Waals surface area contributed by atoms with Gasteiger partial charge in [0.2, 0.25) is 0 Å². The van der Waals surface area contributed by atoms with Crippen LogP contribution in [-0.4, -0.2) is 5.97 Å². The average molecular weight is 214 g/mol. The van der Waals surface area contributed by atoms with Crippen LogP contribution >= 0.6 is 0 Å². The number of esters is 1. The first kappa shape index (κ1) is 9.64. The monoisotopic (exact) mass is 214 g/mol. The lowest BCUT2D eigenvalue weighted by atomic mass is 9.76. The van der Waals surface area contributed by atoms with E-state index in [1.807, 2.05) is 18.2 Å². The van der Waals surface area contributed by atoms with Gasteiger partial charge in [-0.3, -0.25) is 0 Å². The number of allylic oxidation sites excluding steroid dienone is 1. The number of benzene rings is 1. The Bertz CT molecular complexity index is 456. The molecule has 0 spiro atoms. The lowest BCUT2D eigenvalue weighted by Crippen LogP contribution is -2.14. The highest BCUT2D eigenvalue weighted by Crippen LogP contribution is 2.40. The van der Waals surface area contributed by atoms with Crippen LogP contribution in [0.25, 0.3) is 5.57 Å². The molecule has 1 aliphatic carbocycles. The number of hydrogen-bond acceptors (Lipinski definition) is 2. The predicted molar refractivity (Wildman–Crippen MR) is 61.6 cm³/mol. The SMILES string of the molecule is O=C1C=C(C2CCC2)c2ccccc2CO1. The number of fused-ring (bicyclic) bond motifs is 1. The highest BCUT2D eigenvalue weighted by atomic mass is 16.5. The maximum Gasteiger partial charge on any atom is 0.331 e. The fourth-order valence-corrected chi connectivity index (χ4v) is 2.38. The summed E-state index contributed by atoms with van der Waals surface area (Å²) in [7, 11) is 0. The van der Waals surface area contributed by atoms with Crippen LogP contribution in [0, 0.1) is 5.92 Å². The minimum absolute atomic E-state index is 0.196. The van der Waals surface area contributed by atoms with Gasteiger partial charge in [-0.1, -0.05) is 30.7 Å². The van der Waals surface area contributed by atoms with E-state index in [-0.39, 0.29) is 5.97 Å². The molecule has 1 aromatic rings. The van der Waals surface area contributed by atoms with Crippen molar-refractivity contribution in [1.29, 1.82) is 0 Å². The standard InChI is InChI=1S/C14H14O2/c15-14-8-13(10-5-3-6-10)12-7-2-1-4-11(12)9-16-14/h1-2,4,7-8,10H,3,5-6,9H2. The molecule has 0 radical (unpaired) electrons. The molecular formula is C14H14O2. The van der Waals surface area contributed by atoms with Gasteiger partial charge in [0.1, 0.15) is 6.61 Å². The maximum absolute atomic E-state index is 11.5. The van der Waals surface area contributed by atoms with Gasteiger partial charge >= 0.3 is 5.97 Å². The molecule has 0 atom stereocenters. The molecule has 0 N–H and O–H groups in total. The van der Waals surface area contributed by atoms with E-state index in [0.29, 0.717) is 12.5 Å². The van der Waals surface area contributed by atoms with Crippen molar-refractivity contribution in [1.82, 2.24) is 0 Å². The third kappa shape index (κ3) is 1.54. The molecule has 0 unspecified atom stereocenters. The highest BCUT2D eigenvalue weighted by molar-refractivity contribution is 5.93. The van der Waals surface area contributed by atoms with E-state index >= 15 is 0 Å². The van der Waals surface area contributed by atoms with Crippen LogP contribution in [0.3, 0.4) is 0 Å². The van der Waals surface area contributed by atoms with Crippen LogP contribution in [-0.2, 0) is 16.1 Å². The van der Waals surface area contributed by atoms with Crippen molar-refractivity contribution in [2.24, 2.45) is 5.92 Å². The Hall–Kier alpha value is -1.57. The zero-order valence-corrected chi connectivity index (χ0v) is 9.11. The van der Waals surface area contributed by atoms with Gasteiger partial charge in [0.05, 0.1) is 0 Å². The largest absolute Gasteiger partial charge is 0.458 e. The number of cyclic esters (lactones) is 1. The Labute approximate surface area is 94.9 Å². The molecule has 82 valence electrons. The van der Waals surface area contributed by atoms with Gasteiger partial charge < -0.3 is 4.74 Å². The van der Waals surface area contributed by atoms with E-state index in [1.54, 1.807) is 6.08 Å². The van der Waals surface area contributed by atoms with Gasteiger partial charge in [-0.15, -0.1) is 0 Å². The molecule has 3 rings (SSSR count). The second-order valence-corrected chi connectivity index (χ2v) is 4.49. The normalized spacial score (nSPS) is 20.2. The minimum atomic E-state index is -0.196. The van der Waals surface area contributed by atoms with Crippen LogP contribution in [0.5, 0.6) is 0 Å². The third-order valence-corrected chi connectivity index (χ3v) is 3.52.